The number of allylic oxidation sites excluding steroid dienone is 5. The average molecular weight is 1030 g/mol. The smallest absolute Gasteiger partial charge is 0.305 e. The predicted octanol–water partition coefficient (Wildman–Crippen LogP) is 20.8. The summed E-state index contributed by atoms with van der Waals surface area (Å²) >= 11 is 0. The Kier molecular flexibility index (Phi) is 61.0. The summed E-state index contributed by atoms with van der Waals surface area (Å²) in [6.45, 7) is 4.87. The quantitative estimate of drug-likeness (QED) is 0.0320. The third-order valence-electron chi connectivity index (χ3n) is 15.2. The molecule has 0 bridgehead atoms. The van der Waals surface area contributed by atoms with Crippen molar-refractivity contribution < 1.29 is 24.5 Å². The molecule has 73 heavy (non-hydrogen) atoms. The molecule has 2 unspecified atom stereocenters. The summed E-state index contributed by atoms with van der Waals surface area (Å²) in [4.78, 5) is 24.6. The highest BCUT2D eigenvalue weighted by atomic mass is 16.5. The number of hydrogen-bond acceptors (Lipinski definition) is 5. The van der Waals surface area contributed by atoms with Gasteiger partial charge in [-0.2, -0.15) is 0 Å². The first-order valence-corrected chi connectivity index (χ1v) is 32.8. The van der Waals surface area contributed by atoms with Gasteiger partial charge in [-0.15, -0.1) is 0 Å². The van der Waals surface area contributed by atoms with E-state index in [9.17, 15) is 19.8 Å². The second-order valence-electron chi connectivity index (χ2n) is 22.5. The number of hydrogen-bond donors (Lipinski definition) is 3. The van der Waals surface area contributed by atoms with E-state index in [0.29, 0.717) is 25.9 Å². The Labute approximate surface area is 455 Å². The monoisotopic (exact) mass is 1030 g/mol. The first-order chi connectivity index (χ1) is 36.0. The minimum atomic E-state index is -0.881. The number of carbonyl (C=O) groups is 2. The molecule has 0 fully saturated rings. The summed E-state index contributed by atoms with van der Waals surface area (Å²) in [5, 5.41) is 23.2. The summed E-state index contributed by atoms with van der Waals surface area (Å²) < 4.78 is 5.48. The Morgan fingerprint density at radius 3 is 1.07 bits per heavy atom. The highest BCUT2D eigenvalue weighted by molar-refractivity contribution is 5.76. The van der Waals surface area contributed by atoms with Crippen LogP contribution in [0.2, 0.25) is 0 Å². The lowest BCUT2D eigenvalue weighted by Gasteiger charge is -2.19. The highest BCUT2D eigenvalue weighted by Gasteiger charge is 2.17. The predicted molar refractivity (Wildman–Crippen MR) is 319 cm³/mol. The molecule has 6 nitrogen and oxygen atoms in total. The molecular weight excluding hydrogens is 899 g/mol. The minimum Gasteiger partial charge on any atom is -0.466 e. The van der Waals surface area contributed by atoms with Crippen molar-refractivity contribution in [2.45, 2.75) is 366 Å². The van der Waals surface area contributed by atoms with Gasteiger partial charge in [0.05, 0.1) is 25.4 Å². The van der Waals surface area contributed by atoms with Gasteiger partial charge in [0, 0.05) is 12.8 Å². The standard InChI is InChI=1S/C67H127NO5/c1-3-5-7-9-11-13-15-17-19-21-23-24-25-26-27-28-29-30-32-35-39-43-47-51-55-59-65(70)64(63-69)68-66(71)60-56-52-48-44-40-36-34-38-42-46-50-54-58-62-73-67(72)61-57-53-49-45-41-37-33-31-22-20-18-16-14-12-10-8-6-4-2/h36,40,48,52,55,59,64-65,69-70H,3-35,37-39,41-47,49-51,53-54,56-58,60-63H2,1-2H3,(H,68,71)/b40-36-,52-48-,59-55+. The topological polar surface area (TPSA) is 95.9 Å². The van der Waals surface area contributed by atoms with Gasteiger partial charge in [0.2, 0.25) is 5.91 Å². The van der Waals surface area contributed by atoms with E-state index < -0.39 is 12.1 Å². The summed E-state index contributed by atoms with van der Waals surface area (Å²) in [6.07, 6.45) is 79.3. The molecule has 0 spiro atoms. The molecule has 6 heteroatoms. The molecule has 0 aliphatic carbocycles. The summed E-state index contributed by atoms with van der Waals surface area (Å²) in [7, 11) is 0. The van der Waals surface area contributed by atoms with Crippen LogP contribution < -0.4 is 5.32 Å². The molecule has 430 valence electrons. The van der Waals surface area contributed by atoms with Crippen LogP contribution in [0.4, 0.5) is 0 Å². The van der Waals surface area contributed by atoms with Crippen molar-refractivity contribution >= 4 is 11.9 Å². The molecule has 0 aromatic rings. The first-order valence-electron chi connectivity index (χ1n) is 32.8. The van der Waals surface area contributed by atoms with Gasteiger partial charge in [0.25, 0.3) is 0 Å². The normalized spacial score (nSPS) is 12.8. The number of carbonyl (C=O) groups excluding carboxylic acids is 2. The van der Waals surface area contributed by atoms with Crippen molar-refractivity contribution in [2.24, 2.45) is 0 Å². The number of esters is 1. The zero-order chi connectivity index (χ0) is 52.9. The van der Waals surface area contributed by atoms with E-state index in [2.05, 4.69) is 37.4 Å². The molecule has 3 N–H and O–H groups in total. The highest BCUT2D eigenvalue weighted by Crippen LogP contribution is 2.18. The van der Waals surface area contributed by atoms with Crippen molar-refractivity contribution in [1.82, 2.24) is 5.32 Å². The van der Waals surface area contributed by atoms with Gasteiger partial charge in [-0.05, 0) is 51.4 Å². The molecule has 0 aromatic carbocycles. The van der Waals surface area contributed by atoms with Gasteiger partial charge in [0.1, 0.15) is 0 Å². The number of aliphatic hydroxyl groups is 2. The van der Waals surface area contributed by atoms with Crippen LogP contribution in [-0.4, -0.2) is 47.4 Å². The fraction of sp³-hybridized carbons (Fsp3) is 0.881. The average Bonchev–Trinajstić information content (AvgIpc) is 3.39. The van der Waals surface area contributed by atoms with Crippen molar-refractivity contribution in [3.8, 4) is 0 Å². The van der Waals surface area contributed by atoms with E-state index in [4.69, 9.17) is 4.74 Å². The van der Waals surface area contributed by atoms with Crippen LogP contribution in [0.25, 0.3) is 0 Å². The number of rotatable bonds is 61. The largest absolute Gasteiger partial charge is 0.466 e. The van der Waals surface area contributed by atoms with Gasteiger partial charge in [-0.1, -0.05) is 326 Å². The lowest BCUT2D eigenvalue weighted by atomic mass is 10.0. The number of ether oxygens (including phenoxy) is 1. The van der Waals surface area contributed by atoms with Gasteiger partial charge in [-0.25, -0.2) is 0 Å². The van der Waals surface area contributed by atoms with Gasteiger partial charge in [-0.3, -0.25) is 9.59 Å². The van der Waals surface area contributed by atoms with Crippen molar-refractivity contribution in [3.05, 3.63) is 36.5 Å². The van der Waals surface area contributed by atoms with Crippen molar-refractivity contribution in [3.63, 3.8) is 0 Å². The summed E-state index contributed by atoms with van der Waals surface area (Å²) in [5.74, 6) is -0.158. The lowest BCUT2D eigenvalue weighted by Crippen LogP contribution is -2.45. The molecule has 0 saturated heterocycles. The Morgan fingerprint density at radius 1 is 0.384 bits per heavy atom. The van der Waals surface area contributed by atoms with Gasteiger partial charge >= 0.3 is 5.97 Å². The maximum Gasteiger partial charge on any atom is 0.305 e. The third kappa shape index (κ3) is 59.2. The zero-order valence-corrected chi connectivity index (χ0v) is 49.1. The third-order valence-corrected chi connectivity index (χ3v) is 15.2. The van der Waals surface area contributed by atoms with Gasteiger partial charge < -0.3 is 20.3 Å². The molecule has 1 amide bonds. The molecule has 0 rings (SSSR count). The van der Waals surface area contributed by atoms with E-state index in [0.717, 1.165) is 51.4 Å². The summed E-state index contributed by atoms with van der Waals surface area (Å²) in [5.41, 5.74) is 0. The van der Waals surface area contributed by atoms with Crippen molar-refractivity contribution in [2.75, 3.05) is 13.2 Å². The van der Waals surface area contributed by atoms with Gasteiger partial charge in [0.15, 0.2) is 0 Å². The fourth-order valence-corrected chi connectivity index (χ4v) is 10.2. The van der Waals surface area contributed by atoms with E-state index in [-0.39, 0.29) is 18.5 Å². The van der Waals surface area contributed by atoms with E-state index in [1.165, 1.54) is 270 Å². The van der Waals surface area contributed by atoms with Crippen LogP contribution in [0.1, 0.15) is 354 Å². The molecule has 0 aliphatic rings. The number of nitrogens with one attached hydrogen (secondary N) is 1. The molecule has 0 heterocycles. The Balaban J connectivity index is 3.53. The number of aliphatic hydroxyl groups excluding tert-OH is 2. The zero-order valence-electron chi connectivity index (χ0n) is 49.1. The Morgan fingerprint density at radius 2 is 0.699 bits per heavy atom. The molecule has 0 radical (unpaired) electrons. The summed E-state index contributed by atoms with van der Waals surface area (Å²) in [6, 6.07) is -0.673. The van der Waals surface area contributed by atoms with Crippen LogP contribution in [0.15, 0.2) is 36.5 Å². The number of unbranched alkanes of at least 4 members (excludes halogenated alkanes) is 46. The van der Waals surface area contributed by atoms with Crippen LogP contribution in [0, 0.1) is 0 Å². The van der Waals surface area contributed by atoms with E-state index >= 15 is 0 Å². The molecule has 0 saturated carbocycles. The van der Waals surface area contributed by atoms with Crippen LogP contribution in [-0.2, 0) is 14.3 Å². The SMILES string of the molecule is CCCCCCCCCCCCCCCCCCCCCCCCC/C=C/C(O)C(CO)NC(=O)CC/C=C\C/C=C\CCCCCCCCOC(=O)CCCCCCCCCCCCCCCCCCCC. The molecule has 2 atom stereocenters. The second kappa shape index (κ2) is 62.6. The van der Waals surface area contributed by atoms with Crippen LogP contribution in [0.5, 0.6) is 0 Å². The first kappa shape index (κ1) is 71.1. The molecule has 0 aromatic heterocycles. The maximum absolute atomic E-state index is 12.5. The van der Waals surface area contributed by atoms with E-state index in [1.807, 2.05) is 12.2 Å². The minimum absolute atomic E-state index is 0.0134. The number of amides is 1. The Bertz CT molecular complexity index is 1180. The van der Waals surface area contributed by atoms with Crippen LogP contribution >= 0.6 is 0 Å². The van der Waals surface area contributed by atoms with Crippen molar-refractivity contribution in [1.29, 1.82) is 0 Å². The fourth-order valence-electron chi connectivity index (χ4n) is 10.2. The maximum atomic E-state index is 12.5. The van der Waals surface area contributed by atoms with Crippen LogP contribution in [0.3, 0.4) is 0 Å². The van der Waals surface area contributed by atoms with E-state index in [1.54, 1.807) is 6.08 Å². The second-order valence-corrected chi connectivity index (χ2v) is 22.5. The Hall–Kier alpha value is -1.92. The lowest BCUT2D eigenvalue weighted by molar-refractivity contribution is -0.143. The molecule has 0 aliphatic heterocycles. The molecular formula is C67H127NO5.